The van der Waals surface area contributed by atoms with Gasteiger partial charge in [-0.25, -0.2) is 0 Å². The second-order valence-corrected chi connectivity index (χ2v) is 5.02. The molecule has 0 aliphatic rings. The highest BCUT2D eigenvalue weighted by atomic mass is 79.9. The normalized spacial score (nSPS) is 9.85. The first-order chi connectivity index (χ1) is 9.63. The fraction of sp³-hybridized carbons (Fsp3) is 0.133. The van der Waals surface area contributed by atoms with Gasteiger partial charge in [-0.15, -0.1) is 0 Å². The van der Waals surface area contributed by atoms with E-state index in [1.165, 1.54) is 7.11 Å². The van der Waals surface area contributed by atoms with E-state index in [1.807, 2.05) is 18.2 Å². The third kappa shape index (κ3) is 3.22. The van der Waals surface area contributed by atoms with E-state index in [9.17, 15) is 0 Å². The Kier molecular flexibility index (Phi) is 4.49. The lowest BCUT2D eigenvalue weighted by molar-refractivity contribution is 0.285. The number of methoxy groups -OCH3 is 1. The lowest BCUT2D eigenvalue weighted by Gasteiger charge is -2.12. The largest absolute Gasteiger partial charge is 0.493 e. The van der Waals surface area contributed by atoms with Gasteiger partial charge >= 0.3 is 0 Å². The summed E-state index contributed by atoms with van der Waals surface area (Å²) in [6, 6.07) is 12.7. The minimum absolute atomic E-state index is 0.335. The van der Waals surface area contributed by atoms with Crippen molar-refractivity contribution in [2.75, 3.05) is 12.8 Å². The monoisotopic (exact) mass is 332 g/mol. The van der Waals surface area contributed by atoms with E-state index in [2.05, 4.69) is 22.0 Å². The predicted molar refractivity (Wildman–Crippen MR) is 80.6 cm³/mol. The first-order valence-corrected chi connectivity index (χ1v) is 6.68. The number of hydrogen-bond acceptors (Lipinski definition) is 4. The van der Waals surface area contributed by atoms with Crippen molar-refractivity contribution in [2.45, 2.75) is 6.61 Å². The van der Waals surface area contributed by atoms with Crippen LogP contribution in [0.15, 0.2) is 40.9 Å². The SMILES string of the molecule is COc1cc(C#N)ccc1OCc1ccc(Br)cc1N. The number of hydrogen-bond donors (Lipinski definition) is 1. The van der Waals surface area contributed by atoms with Gasteiger partial charge in [-0.2, -0.15) is 5.26 Å². The number of nitrogen functional groups attached to an aromatic ring is 1. The van der Waals surface area contributed by atoms with Crippen LogP contribution in [-0.4, -0.2) is 7.11 Å². The molecule has 0 saturated carbocycles. The highest BCUT2D eigenvalue weighted by Gasteiger charge is 2.07. The summed E-state index contributed by atoms with van der Waals surface area (Å²) in [6.45, 7) is 0.335. The topological polar surface area (TPSA) is 68.3 Å². The Labute approximate surface area is 125 Å². The van der Waals surface area contributed by atoms with Crippen LogP contribution in [0.4, 0.5) is 5.69 Å². The molecule has 2 rings (SSSR count). The minimum atomic E-state index is 0.335. The van der Waals surface area contributed by atoms with Gasteiger partial charge in [-0.1, -0.05) is 22.0 Å². The summed E-state index contributed by atoms with van der Waals surface area (Å²) >= 11 is 3.36. The molecule has 5 heteroatoms. The zero-order valence-electron chi connectivity index (χ0n) is 10.9. The van der Waals surface area contributed by atoms with Crippen LogP contribution >= 0.6 is 15.9 Å². The Balaban J connectivity index is 2.16. The van der Waals surface area contributed by atoms with E-state index >= 15 is 0 Å². The Morgan fingerprint density at radius 2 is 2.00 bits per heavy atom. The highest BCUT2D eigenvalue weighted by Crippen LogP contribution is 2.29. The van der Waals surface area contributed by atoms with E-state index in [0.717, 1.165) is 10.0 Å². The first-order valence-electron chi connectivity index (χ1n) is 5.89. The molecule has 0 saturated heterocycles. The fourth-order valence-corrected chi connectivity index (χ4v) is 2.09. The molecule has 4 nitrogen and oxygen atoms in total. The molecular formula is C15H13BrN2O2. The van der Waals surface area contributed by atoms with Gasteiger partial charge in [-0.05, 0) is 24.3 Å². The zero-order valence-corrected chi connectivity index (χ0v) is 12.5. The summed E-state index contributed by atoms with van der Waals surface area (Å²) in [6.07, 6.45) is 0. The van der Waals surface area contributed by atoms with Crippen LogP contribution in [0.3, 0.4) is 0 Å². The standard InChI is InChI=1S/C15H13BrN2O2/c1-19-15-6-10(8-17)2-5-14(15)20-9-11-3-4-12(16)7-13(11)18/h2-7H,9,18H2,1H3. The number of halogens is 1. The van der Waals surface area contributed by atoms with Gasteiger partial charge in [0, 0.05) is 21.8 Å². The number of nitrogens with zero attached hydrogens (tertiary/aromatic N) is 1. The first kappa shape index (κ1) is 14.2. The predicted octanol–water partition coefficient (Wildman–Crippen LogP) is 3.49. The maximum Gasteiger partial charge on any atom is 0.162 e. The van der Waals surface area contributed by atoms with Crippen molar-refractivity contribution in [2.24, 2.45) is 0 Å². The molecular weight excluding hydrogens is 320 g/mol. The molecule has 0 radical (unpaired) electrons. The Bertz CT molecular complexity index is 665. The van der Waals surface area contributed by atoms with E-state index in [-0.39, 0.29) is 0 Å². The van der Waals surface area contributed by atoms with Crippen LogP contribution in [0, 0.1) is 11.3 Å². The number of anilines is 1. The van der Waals surface area contributed by atoms with Crippen LogP contribution in [0.1, 0.15) is 11.1 Å². The Morgan fingerprint density at radius 3 is 2.65 bits per heavy atom. The van der Waals surface area contributed by atoms with Crippen molar-refractivity contribution >= 4 is 21.6 Å². The Morgan fingerprint density at radius 1 is 1.20 bits per heavy atom. The molecule has 0 aliphatic heterocycles. The molecule has 20 heavy (non-hydrogen) atoms. The molecule has 0 aliphatic carbocycles. The minimum Gasteiger partial charge on any atom is -0.493 e. The van der Waals surface area contributed by atoms with Gasteiger partial charge in [0.1, 0.15) is 6.61 Å². The zero-order chi connectivity index (χ0) is 14.5. The van der Waals surface area contributed by atoms with Crippen LogP contribution in [0.25, 0.3) is 0 Å². The lowest BCUT2D eigenvalue weighted by atomic mass is 10.2. The maximum absolute atomic E-state index is 8.85. The van der Waals surface area contributed by atoms with E-state index < -0.39 is 0 Å². The summed E-state index contributed by atoms with van der Waals surface area (Å²) in [4.78, 5) is 0. The van der Waals surface area contributed by atoms with Crippen molar-refractivity contribution in [3.05, 3.63) is 52.0 Å². The summed E-state index contributed by atoms with van der Waals surface area (Å²) < 4.78 is 11.8. The van der Waals surface area contributed by atoms with Gasteiger partial charge in [0.25, 0.3) is 0 Å². The van der Waals surface area contributed by atoms with Crippen molar-refractivity contribution in [1.82, 2.24) is 0 Å². The molecule has 0 atom stereocenters. The quantitative estimate of drug-likeness (QED) is 0.870. The molecule has 0 spiro atoms. The summed E-state index contributed by atoms with van der Waals surface area (Å²) in [5.74, 6) is 1.11. The maximum atomic E-state index is 8.85. The third-order valence-electron chi connectivity index (χ3n) is 2.78. The smallest absolute Gasteiger partial charge is 0.162 e. The molecule has 0 fully saturated rings. The van der Waals surface area contributed by atoms with Gasteiger partial charge in [0.05, 0.1) is 18.7 Å². The second kappa shape index (κ2) is 6.31. The molecule has 0 unspecified atom stereocenters. The third-order valence-corrected chi connectivity index (χ3v) is 3.28. The lowest BCUT2D eigenvalue weighted by Crippen LogP contribution is -2.01. The van der Waals surface area contributed by atoms with E-state index in [4.69, 9.17) is 20.5 Å². The molecule has 102 valence electrons. The van der Waals surface area contributed by atoms with Crippen LogP contribution in [-0.2, 0) is 6.61 Å². The van der Waals surface area contributed by atoms with Crippen molar-refractivity contribution in [3.63, 3.8) is 0 Å². The van der Waals surface area contributed by atoms with E-state index in [1.54, 1.807) is 18.2 Å². The molecule has 0 amide bonds. The number of nitrogens with two attached hydrogens (primary N) is 1. The van der Waals surface area contributed by atoms with Crippen LogP contribution < -0.4 is 15.2 Å². The van der Waals surface area contributed by atoms with Crippen LogP contribution in [0.5, 0.6) is 11.5 Å². The summed E-state index contributed by atoms with van der Waals surface area (Å²) in [5, 5.41) is 8.85. The second-order valence-electron chi connectivity index (χ2n) is 4.11. The fourth-order valence-electron chi connectivity index (χ4n) is 1.71. The van der Waals surface area contributed by atoms with E-state index in [0.29, 0.717) is 29.4 Å². The van der Waals surface area contributed by atoms with Gasteiger partial charge in [0.15, 0.2) is 11.5 Å². The average molecular weight is 333 g/mol. The number of ether oxygens (including phenoxy) is 2. The Hall–Kier alpha value is -2.19. The summed E-state index contributed by atoms with van der Waals surface area (Å²) in [7, 11) is 1.54. The number of nitriles is 1. The van der Waals surface area contributed by atoms with Crippen molar-refractivity contribution < 1.29 is 9.47 Å². The average Bonchev–Trinajstić information content (AvgIpc) is 2.46. The highest BCUT2D eigenvalue weighted by molar-refractivity contribution is 9.10. The van der Waals surface area contributed by atoms with Gasteiger partial charge in [0.2, 0.25) is 0 Å². The summed E-state index contributed by atoms with van der Waals surface area (Å²) in [5.41, 5.74) is 7.99. The van der Waals surface area contributed by atoms with Crippen molar-refractivity contribution in [1.29, 1.82) is 5.26 Å². The molecule has 0 aromatic heterocycles. The van der Waals surface area contributed by atoms with Crippen molar-refractivity contribution in [3.8, 4) is 17.6 Å². The number of rotatable bonds is 4. The van der Waals surface area contributed by atoms with Gasteiger partial charge < -0.3 is 15.2 Å². The van der Waals surface area contributed by atoms with Gasteiger partial charge in [-0.3, -0.25) is 0 Å². The number of benzene rings is 2. The molecule has 2 aromatic carbocycles. The molecule has 0 heterocycles. The molecule has 0 bridgehead atoms. The van der Waals surface area contributed by atoms with Crippen LogP contribution in [0.2, 0.25) is 0 Å². The molecule has 2 aromatic rings. The molecule has 2 N–H and O–H groups in total.